The molecule has 0 radical (unpaired) electrons. The number of aliphatic hydroxyl groups is 1. The molecule has 2 aromatic carbocycles. The highest BCUT2D eigenvalue weighted by Gasteiger charge is 2.25. The summed E-state index contributed by atoms with van der Waals surface area (Å²) < 4.78 is 0. The molecule has 1 fully saturated rings. The van der Waals surface area contributed by atoms with Crippen molar-refractivity contribution < 1.29 is 9.90 Å². The molecule has 1 unspecified atom stereocenters. The molecule has 0 spiro atoms. The van der Waals surface area contributed by atoms with Crippen LogP contribution in [0.25, 0.3) is 10.9 Å². The lowest BCUT2D eigenvalue weighted by Crippen LogP contribution is -2.50. The molecule has 4 rings (SSSR count). The molecule has 7 nitrogen and oxygen atoms in total. The molecule has 1 aliphatic heterocycles. The Morgan fingerprint density at radius 2 is 2.03 bits per heavy atom. The Bertz CT molecular complexity index is 1040. The van der Waals surface area contributed by atoms with Gasteiger partial charge in [0.25, 0.3) is 0 Å². The molecule has 0 aliphatic carbocycles. The van der Waals surface area contributed by atoms with Gasteiger partial charge in [-0.2, -0.15) is 0 Å². The molecule has 1 aliphatic rings. The van der Waals surface area contributed by atoms with E-state index in [0.717, 1.165) is 22.0 Å². The van der Waals surface area contributed by atoms with Crippen molar-refractivity contribution in [3.63, 3.8) is 0 Å². The number of benzene rings is 2. The van der Waals surface area contributed by atoms with Crippen molar-refractivity contribution in [1.82, 2.24) is 19.8 Å². The van der Waals surface area contributed by atoms with Crippen LogP contribution in [0.2, 0.25) is 5.02 Å². The number of hydrogen-bond acceptors (Lipinski definition) is 6. The zero-order chi connectivity index (χ0) is 20.4. The Hall–Kier alpha value is -2.74. The molecule has 1 saturated heterocycles. The normalized spacial score (nSPS) is 16.3. The highest BCUT2D eigenvalue weighted by Crippen LogP contribution is 2.21. The predicted octanol–water partition coefficient (Wildman–Crippen LogP) is 2.24. The second-order valence-electron chi connectivity index (χ2n) is 7.23. The van der Waals surface area contributed by atoms with Crippen molar-refractivity contribution in [1.29, 1.82) is 0 Å². The van der Waals surface area contributed by atoms with Gasteiger partial charge in [-0.3, -0.25) is 9.69 Å². The van der Waals surface area contributed by atoms with Gasteiger partial charge in [-0.05, 0) is 35.4 Å². The monoisotopic (exact) mass is 411 g/mol. The largest absolute Gasteiger partial charge is 0.387 e. The van der Waals surface area contributed by atoms with Gasteiger partial charge in [-0.15, -0.1) is 0 Å². The van der Waals surface area contributed by atoms with Crippen LogP contribution < -0.4 is 5.73 Å². The Morgan fingerprint density at radius 1 is 1.17 bits per heavy atom. The number of anilines is 1. The van der Waals surface area contributed by atoms with Gasteiger partial charge in [0.05, 0.1) is 18.2 Å². The van der Waals surface area contributed by atoms with Crippen LogP contribution in [0.3, 0.4) is 0 Å². The number of halogens is 1. The van der Waals surface area contributed by atoms with E-state index in [4.69, 9.17) is 17.3 Å². The summed E-state index contributed by atoms with van der Waals surface area (Å²) >= 11 is 6.00. The minimum absolute atomic E-state index is 0.0387. The Morgan fingerprint density at radius 3 is 2.83 bits per heavy atom. The summed E-state index contributed by atoms with van der Waals surface area (Å²) in [7, 11) is 0. The number of nitrogens with zero attached hydrogens (tertiary/aromatic N) is 4. The number of hydrogen-bond donors (Lipinski definition) is 2. The number of carbonyl (C=O) groups is 1. The van der Waals surface area contributed by atoms with E-state index in [1.54, 1.807) is 12.1 Å². The topological polar surface area (TPSA) is 95.6 Å². The maximum Gasteiger partial charge on any atom is 0.237 e. The maximum absolute atomic E-state index is 12.6. The van der Waals surface area contributed by atoms with Crippen molar-refractivity contribution in [3.8, 4) is 0 Å². The highest BCUT2D eigenvalue weighted by atomic mass is 35.5. The van der Waals surface area contributed by atoms with Crippen molar-refractivity contribution in [2.75, 3.05) is 31.9 Å². The lowest BCUT2D eigenvalue weighted by atomic mass is 10.1. The van der Waals surface area contributed by atoms with Crippen molar-refractivity contribution >= 4 is 34.2 Å². The van der Waals surface area contributed by atoms with Gasteiger partial charge < -0.3 is 15.7 Å². The van der Waals surface area contributed by atoms with Crippen LogP contribution in [-0.4, -0.2) is 57.0 Å². The number of nitrogens with two attached hydrogens (primary N) is 1. The molecule has 0 saturated carbocycles. The number of carbonyl (C=O) groups excluding carboxylic acids is 1. The molecule has 29 heavy (non-hydrogen) atoms. The van der Waals surface area contributed by atoms with E-state index >= 15 is 0 Å². The molecule has 1 aromatic heterocycles. The Balaban J connectivity index is 1.37. The van der Waals surface area contributed by atoms with Gasteiger partial charge in [-0.1, -0.05) is 29.8 Å². The molecule has 3 aromatic rings. The number of aliphatic hydroxyl groups excluding tert-OH is 1. The lowest BCUT2D eigenvalue weighted by Gasteiger charge is -2.35. The Labute approximate surface area is 173 Å². The average molecular weight is 412 g/mol. The fraction of sp³-hybridized carbons (Fsp3) is 0.286. The first kappa shape index (κ1) is 19.6. The van der Waals surface area contributed by atoms with Gasteiger partial charge in [0.1, 0.15) is 12.1 Å². The van der Waals surface area contributed by atoms with E-state index in [9.17, 15) is 9.90 Å². The maximum atomic E-state index is 12.6. The van der Waals surface area contributed by atoms with Crippen molar-refractivity contribution in [3.05, 3.63) is 64.9 Å². The molecular formula is C21H22ClN5O2. The summed E-state index contributed by atoms with van der Waals surface area (Å²) in [5.74, 6) is 0.487. The molecule has 1 amide bonds. The lowest BCUT2D eigenvalue weighted by molar-refractivity contribution is -0.137. The van der Waals surface area contributed by atoms with E-state index < -0.39 is 6.10 Å². The number of β-amino-alcohol motifs (C(OH)–C–C–N with tert-alkyl or cyclic N) is 1. The minimum atomic E-state index is -0.682. The summed E-state index contributed by atoms with van der Waals surface area (Å²) in [6.07, 6.45) is 0.759. The van der Waals surface area contributed by atoms with E-state index in [1.165, 1.54) is 6.33 Å². The smallest absolute Gasteiger partial charge is 0.237 e. The highest BCUT2D eigenvalue weighted by molar-refractivity contribution is 6.30. The van der Waals surface area contributed by atoms with Gasteiger partial charge in [0.2, 0.25) is 5.91 Å². The summed E-state index contributed by atoms with van der Waals surface area (Å²) in [5, 5.41) is 11.9. The first-order valence-corrected chi connectivity index (χ1v) is 9.80. The zero-order valence-electron chi connectivity index (χ0n) is 15.8. The summed E-state index contributed by atoms with van der Waals surface area (Å²) in [4.78, 5) is 24.7. The third kappa shape index (κ3) is 4.48. The van der Waals surface area contributed by atoms with E-state index in [0.29, 0.717) is 37.0 Å². The van der Waals surface area contributed by atoms with E-state index in [-0.39, 0.29) is 12.5 Å². The number of nitrogen functional groups attached to an aromatic ring is 1. The average Bonchev–Trinajstić information content (AvgIpc) is 2.70. The first-order valence-electron chi connectivity index (χ1n) is 9.42. The Kier molecular flexibility index (Phi) is 5.62. The fourth-order valence-corrected chi connectivity index (χ4v) is 3.78. The number of fused-ring (bicyclic) bond motifs is 1. The summed E-state index contributed by atoms with van der Waals surface area (Å²) in [5.41, 5.74) is 8.39. The number of rotatable bonds is 5. The number of amides is 1. The molecule has 150 valence electrons. The third-order valence-corrected chi connectivity index (χ3v) is 5.40. The van der Waals surface area contributed by atoms with Crippen LogP contribution >= 0.6 is 11.6 Å². The van der Waals surface area contributed by atoms with Crippen LogP contribution in [-0.2, 0) is 11.3 Å². The third-order valence-electron chi connectivity index (χ3n) is 5.17. The predicted molar refractivity (Wildman–Crippen MR) is 112 cm³/mol. The van der Waals surface area contributed by atoms with Crippen molar-refractivity contribution in [2.45, 2.75) is 12.6 Å². The summed E-state index contributed by atoms with van der Waals surface area (Å²) in [6, 6.07) is 13.0. The van der Waals surface area contributed by atoms with Crippen LogP contribution in [0.5, 0.6) is 0 Å². The standard InChI is InChI=1S/C21H22ClN5O2/c22-16-3-1-2-15(9-16)19(28)11-26-6-7-27(20(29)12-26)10-14-4-5-17-18(8-14)24-13-25-21(17)23/h1-5,8-9,13,19,28H,6-7,10-12H2,(H2,23,24,25). The molecule has 2 heterocycles. The van der Waals surface area contributed by atoms with E-state index in [1.807, 2.05) is 40.1 Å². The molecule has 3 N–H and O–H groups in total. The van der Waals surface area contributed by atoms with Crippen LogP contribution in [0, 0.1) is 0 Å². The summed E-state index contributed by atoms with van der Waals surface area (Å²) in [6.45, 7) is 2.49. The van der Waals surface area contributed by atoms with Gasteiger partial charge >= 0.3 is 0 Å². The van der Waals surface area contributed by atoms with Gasteiger partial charge in [-0.25, -0.2) is 9.97 Å². The first-order chi connectivity index (χ1) is 14.0. The molecule has 0 bridgehead atoms. The van der Waals surface area contributed by atoms with E-state index in [2.05, 4.69) is 9.97 Å². The van der Waals surface area contributed by atoms with Crippen LogP contribution in [0.15, 0.2) is 48.8 Å². The molecule has 8 heteroatoms. The second-order valence-corrected chi connectivity index (χ2v) is 7.67. The molecular weight excluding hydrogens is 390 g/mol. The second kappa shape index (κ2) is 8.32. The quantitative estimate of drug-likeness (QED) is 0.668. The number of piperazine rings is 1. The molecule has 1 atom stereocenters. The van der Waals surface area contributed by atoms with Crippen LogP contribution in [0.1, 0.15) is 17.2 Å². The fourth-order valence-electron chi connectivity index (χ4n) is 3.59. The number of aromatic nitrogens is 2. The SMILES string of the molecule is Nc1ncnc2cc(CN3CCN(CC(O)c4cccc(Cl)c4)CC3=O)ccc12. The zero-order valence-corrected chi connectivity index (χ0v) is 16.6. The van der Waals surface area contributed by atoms with Gasteiger partial charge in [0, 0.05) is 36.6 Å². The van der Waals surface area contributed by atoms with Crippen LogP contribution in [0.4, 0.5) is 5.82 Å². The minimum Gasteiger partial charge on any atom is -0.387 e. The van der Waals surface area contributed by atoms with Gasteiger partial charge in [0.15, 0.2) is 0 Å². The van der Waals surface area contributed by atoms with Crippen molar-refractivity contribution in [2.24, 2.45) is 0 Å².